The van der Waals surface area contributed by atoms with E-state index in [-0.39, 0.29) is 0 Å². The Morgan fingerprint density at radius 3 is 2.43 bits per heavy atom. The highest BCUT2D eigenvalue weighted by Gasteiger charge is 2.21. The topological polar surface area (TPSA) is 29.3 Å². The molecule has 0 aromatic heterocycles. The molecular formula is C5H12N2. The summed E-state index contributed by atoms with van der Waals surface area (Å²) < 4.78 is 0. The predicted molar refractivity (Wildman–Crippen MR) is 29.5 cm³/mol. The van der Waals surface area contributed by atoms with Crippen molar-refractivity contribution < 1.29 is 0 Å². The summed E-state index contributed by atoms with van der Waals surface area (Å²) in [6.07, 6.45) is 2.78. The highest BCUT2D eigenvalue weighted by molar-refractivity contribution is 4.74. The van der Waals surface area contributed by atoms with Crippen LogP contribution < -0.4 is 5.84 Å². The van der Waals surface area contributed by atoms with Crippen molar-refractivity contribution in [3.8, 4) is 0 Å². The molecule has 1 aliphatic carbocycles. The molecule has 0 radical (unpaired) electrons. The van der Waals surface area contributed by atoms with Gasteiger partial charge in [-0.05, 0) is 18.8 Å². The molecule has 2 nitrogen and oxygen atoms in total. The van der Waals surface area contributed by atoms with Crippen molar-refractivity contribution >= 4 is 0 Å². The van der Waals surface area contributed by atoms with Crippen LogP contribution in [-0.2, 0) is 0 Å². The third-order valence-corrected chi connectivity index (χ3v) is 1.24. The smallest absolute Gasteiger partial charge is 0.0153 e. The lowest BCUT2D eigenvalue weighted by molar-refractivity contribution is 0.334. The fraction of sp³-hybridized carbons (Fsp3) is 1.00. The molecule has 42 valence electrons. The van der Waals surface area contributed by atoms with Gasteiger partial charge in [0, 0.05) is 13.6 Å². The molecular weight excluding hydrogens is 88.1 g/mol. The zero-order chi connectivity index (χ0) is 5.28. The second kappa shape index (κ2) is 1.80. The normalized spacial score (nSPS) is 21.0. The Kier molecular flexibility index (Phi) is 1.30. The lowest BCUT2D eigenvalue weighted by Gasteiger charge is -2.05. The van der Waals surface area contributed by atoms with Crippen molar-refractivity contribution in [3.63, 3.8) is 0 Å². The van der Waals surface area contributed by atoms with Crippen LogP contribution in [0.4, 0.5) is 0 Å². The summed E-state index contributed by atoms with van der Waals surface area (Å²) in [6, 6.07) is 0. The van der Waals surface area contributed by atoms with E-state index in [1.807, 2.05) is 7.05 Å². The Hall–Kier alpha value is -0.0800. The van der Waals surface area contributed by atoms with Crippen LogP contribution in [0.5, 0.6) is 0 Å². The maximum atomic E-state index is 5.37. The Morgan fingerprint density at radius 1 is 1.71 bits per heavy atom. The molecule has 0 unspecified atom stereocenters. The maximum absolute atomic E-state index is 5.37. The van der Waals surface area contributed by atoms with E-state index in [1.54, 1.807) is 5.01 Å². The summed E-state index contributed by atoms with van der Waals surface area (Å²) in [7, 11) is 1.92. The second-order valence-electron chi connectivity index (χ2n) is 2.38. The van der Waals surface area contributed by atoms with Crippen LogP contribution in [0.15, 0.2) is 0 Å². The van der Waals surface area contributed by atoms with E-state index < -0.39 is 0 Å². The van der Waals surface area contributed by atoms with Crippen molar-refractivity contribution in [2.45, 2.75) is 12.8 Å². The first-order valence-corrected chi connectivity index (χ1v) is 2.75. The fourth-order valence-corrected chi connectivity index (χ4v) is 0.708. The summed E-state index contributed by atoms with van der Waals surface area (Å²) in [6.45, 7) is 1.08. The van der Waals surface area contributed by atoms with E-state index in [2.05, 4.69) is 0 Å². The van der Waals surface area contributed by atoms with Gasteiger partial charge in [-0.3, -0.25) is 5.84 Å². The summed E-state index contributed by atoms with van der Waals surface area (Å²) in [5.74, 6) is 6.29. The average molecular weight is 100 g/mol. The van der Waals surface area contributed by atoms with Gasteiger partial charge in [0.05, 0.1) is 0 Å². The van der Waals surface area contributed by atoms with E-state index in [1.165, 1.54) is 12.8 Å². The minimum absolute atomic E-state index is 0.926. The second-order valence-corrected chi connectivity index (χ2v) is 2.38. The van der Waals surface area contributed by atoms with Gasteiger partial charge >= 0.3 is 0 Å². The standard InChI is InChI=1S/C5H12N2/c1-7(6)4-5-2-3-5/h5H,2-4,6H2,1H3. The van der Waals surface area contributed by atoms with Gasteiger partial charge in [-0.2, -0.15) is 0 Å². The third-order valence-electron chi connectivity index (χ3n) is 1.24. The van der Waals surface area contributed by atoms with Gasteiger partial charge in [0.2, 0.25) is 0 Å². The highest BCUT2D eigenvalue weighted by Crippen LogP contribution is 2.28. The average Bonchev–Trinajstić information content (AvgIpc) is 2.17. The molecule has 2 N–H and O–H groups in total. The molecule has 1 fully saturated rings. The fourth-order valence-electron chi connectivity index (χ4n) is 0.708. The number of hydrogen-bond acceptors (Lipinski definition) is 2. The van der Waals surface area contributed by atoms with E-state index in [0.717, 1.165) is 12.5 Å². The first kappa shape index (κ1) is 5.06. The Labute approximate surface area is 44.3 Å². The predicted octanol–water partition coefficient (Wildman–Crippen LogP) is 0.202. The molecule has 7 heavy (non-hydrogen) atoms. The van der Waals surface area contributed by atoms with Gasteiger partial charge in [-0.1, -0.05) is 0 Å². The molecule has 0 saturated heterocycles. The lowest BCUT2D eigenvalue weighted by Crippen LogP contribution is -2.27. The number of rotatable bonds is 2. The van der Waals surface area contributed by atoms with E-state index in [4.69, 9.17) is 5.84 Å². The molecule has 0 bridgehead atoms. The summed E-state index contributed by atoms with van der Waals surface area (Å²) in [5.41, 5.74) is 0. The minimum atomic E-state index is 0.926. The minimum Gasteiger partial charge on any atom is -0.269 e. The van der Waals surface area contributed by atoms with Crippen molar-refractivity contribution in [2.24, 2.45) is 11.8 Å². The third kappa shape index (κ3) is 1.90. The molecule has 1 aliphatic rings. The molecule has 2 heteroatoms. The molecule has 1 saturated carbocycles. The van der Waals surface area contributed by atoms with Gasteiger partial charge in [0.15, 0.2) is 0 Å². The van der Waals surface area contributed by atoms with Crippen LogP contribution in [-0.4, -0.2) is 18.6 Å². The van der Waals surface area contributed by atoms with Crippen molar-refractivity contribution in [1.82, 2.24) is 5.01 Å². The van der Waals surface area contributed by atoms with Gasteiger partial charge in [-0.25, -0.2) is 5.01 Å². The Bertz CT molecular complexity index is 57.1. The van der Waals surface area contributed by atoms with Crippen LogP contribution in [0, 0.1) is 5.92 Å². The number of nitrogens with two attached hydrogens (primary N) is 1. The van der Waals surface area contributed by atoms with E-state index >= 15 is 0 Å². The molecule has 0 spiro atoms. The maximum Gasteiger partial charge on any atom is 0.0153 e. The summed E-state index contributed by atoms with van der Waals surface area (Å²) in [5, 5.41) is 1.76. The first-order valence-electron chi connectivity index (χ1n) is 2.75. The number of hydrazine groups is 1. The SMILES string of the molecule is CN(N)CC1CC1. The van der Waals surface area contributed by atoms with Crippen LogP contribution in [0.2, 0.25) is 0 Å². The van der Waals surface area contributed by atoms with Crippen LogP contribution in [0.3, 0.4) is 0 Å². The number of nitrogens with zero attached hydrogens (tertiary/aromatic N) is 1. The lowest BCUT2D eigenvalue weighted by atomic mass is 10.4. The first-order chi connectivity index (χ1) is 3.29. The largest absolute Gasteiger partial charge is 0.269 e. The zero-order valence-electron chi connectivity index (χ0n) is 4.72. The van der Waals surface area contributed by atoms with Crippen molar-refractivity contribution in [1.29, 1.82) is 0 Å². The quantitative estimate of drug-likeness (QED) is 0.397. The monoisotopic (exact) mass is 100 g/mol. The molecule has 1 rings (SSSR count). The van der Waals surface area contributed by atoms with Crippen molar-refractivity contribution in [2.75, 3.05) is 13.6 Å². The molecule has 0 amide bonds. The summed E-state index contributed by atoms with van der Waals surface area (Å²) >= 11 is 0. The van der Waals surface area contributed by atoms with E-state index in [0.29, 0.717) is 0 Å². The number of hydrogen-bond donors (Lipinski definition) is 1. The van der Waals surface area contributed by atoms with Gasteiger partial charge in [0.25, 0.3) is 0 Å². The molecule has 0 atom stereocenters. The van der Waals surface area contributed by atoms with Crippen LogP contribution in [0.25, 0.3) is 0 Å². The van der Waals surface area contributed by atoms with Gasteiger partial charge in [-0.15, -0.1) is 0 Å². The molecule has 0 aromatic rings. The Morgan fingerprint density at radius 2 is 2.29 bits per heavy atom. The van der Waals surface area contributed by atoms with Gasteiger partial charge < -0.3 is 0 Å². The Balaban J connectivity index is 1.97. The van der Waals surface area contributed by atoms with E-state index in [9.17, 15) is 0 Å². The molecule has 0 aromatic carbocycles. The van der Waals surface area contributed by atoms with Crippen molar-refractivity contribution in [3.05, 3.63) is 0 Å². The molecule has 0 aliphatic heterocycles. The zero-order valence-corrected chi connectivity index (χ0v) is 4.72. The highest BCUT2D eigenvalue weighted by atomic mass is 15.4. The van der Waals surface area contributed by atoms with Crippen LogP contribution in [0.1, 0.15) is 12.8 Å². The summed E-state index contributed by atoms with van der Waals surface area (Å²) in [4.78, 5) is 0. The van der Waals surface area contributed by atoms with Gasteiger partial charge in [0.1, 0.15) is 0 Å². The molecule has 0 heterocycles. The van der Waals surface area contributed by atoms with Crippen LogP contribution >= 0.6 is 0 Å².